The third-order valence-electron chi connectivity index (χ3n) is 2.56. The molecule has 0 saturated heterocycles. The van der Waals surface area contributed by atoms with Gasteiger partial charge in [-0.05, 0) is 12.8 Å². The summed E-state index contributed by atoms with van der Waals surface area (Å²) in [7, 11) is 0. The van der Waals surface area contributed by atoms with E-state index in [1.54, 1.807) is 0 Å². The van der Waals surface area contributed by atoms with Crippen LogP contribution in [0.2, 0.25) is 0 Å². The van der Waals surface area contributed by atoms with Crippen LogP contribution in [0.1, 0.15) is 32.1 Å². The monoisotopic (exact) mass is 221 g/mol. The molecule has 5 heteroatoms. The lowest BCUT2D eigenvalue weighted by Gasteiger charge is -2.23. The van der Waals surface area contributed by atoms with Crippen molar-refractivity contribution in [3.63, 3.8) is 0 Å². The van der Waals surface area contributed by atoms with Crippen molar-refractivity contribution in [1.82, 2.24) is 5.32 Å². The second-order valence-corrected chi connectivity index (χ2v) is 3.78. The van der Waals surface area contributed by atoms with E-state index in [-0.39, 0.29) is 6.04 Å². The van der Waals surface area contributed by atoms with Crippen LogP contribution in [0.5, 0.6) is 0 Å². The van der Waals surface area contributed by atoms with Gasteiger partial charge < -0.3 is 5.32 Å². The van der Waals surface area contributed by atoms with Crippen LogP contribution >= 0.6 is 0 Å². The van der Waals surface area contributed by atoms with Crippen LogP contribution in [-0.4, -0.2) is 18.1 Å². The van der Waals surface area contributed by atoms with Crippen LogP contribution in [0.25, 0.3) is 0 Å². The Labute approximate surface area is 86.5 Å². The minimum absolute atomic E-state index is 0.120. The predicted octanol–water partition coefficient (Wildman–Crippen LogP) is 2.55. The Morgan fingerprint density at radius 3 is 2.20 bits per heavy atom. The minimum Gasteiger partial charge on any atom is -0.349 e. The molecule has 1 aliphatic rings. The Kier molecular flexibility index (Phi) is 3.77. The molecule has 0 aromatic heterocycles. The highest BCUT2D eigenvalue weighted by Crippen LogP contribution is 2.25. The second kappa shape index (κ2) is 4.68. The van der Waals surface area contributed by atoms with Gasteiger partial charge in [-0.3, -0.25) is 4.79 Å². The SMILES string of the molecule is C=C(C(=O)NC1CCCCC1)C(F)(F)F. The van der Waals surface area contributed by atoms with Crippen molar-refractivity contribution in [1.29, 1.82) is 0 Å². The average Bonchev–Trinajstić information content (AvgIpc) is 2.16. The summed E-state index contributed by atoms with van der Waals surface area (Å²) in [5, 5.41) is 2.37. The van der Waals surface area contributed by atoms with Crippen LogP contribution in [-0.2, 0) is 4.79 Å². The fourth-order valence-corrected chi connectivity index (χ4v) is 1.65. The molecule has 1 N–H and O–H groups in total. The fourth-order valence-electron chi connectivity index (χ4n) is 1.65. The Balaban J connectivity index is 2.44. The van der Waals surface area contributed by atoms with Crippen molar-refractivity contribution >= 4 is 5.91 Å². The first kappa shape index (κ1) is 12.1. The molecule has 0 spiro atoms. The smallest absolute Gasteiger partial charge is 0.349 e. The van der Waals surface area contributed by atoms with Gasteiger partial charge in [-0.2, -0.15) is 13.2 Å². The first-order chi connectivity index (χ1) is 6.91. The normalized spacial score (nSPS) is 18.6. The summed E-state index contributed by atoms with van der Waals surface area (Å²) in [6.07, 6.45) is -0.0913. The van der Waals surface area contributed by atoms with E-state index < -0.39 is 17.7 Å². The number of hydrogen-bond donors (Lipinski definition) is 1. The summed E-state index contributed by atoms with van der Waals surface area (Å²) in [5.74, 6) is -1.09. The number of halogens is 3. The summed E-state index contributed by atoms with van der Waals surface area (Å²) in [5.41, 5.74) is -1.31. The van der Waals surface area contributed by atoms with E-state index in [1.807, 2.05) is 0 Å². The van der Waals surface area contributed by atoms with Gasteiger partial charge in [-0.25, -0.2) is 0 Å². The molecule has 0 aromatic carbocycles. The Hall–Kier alpha value is -1.00. The molecular formula is C10H14F3NO. The van der Waals surface area contributed by atoms with Crippen LogP contribution in [0.4, 0.5) is 13.2 Å². The van der Waals surface area contributed by atoms with E-state index in [0.29, 0.717) is 0 Å². The third-order valence-corrected chi connectivity index (χ3v) is 2.56. The highest BCUT2D eigenvalue weighted by molar-refractivity contribution is 5.94. The highest BCUT2D eigenvalue weighted by Gasteiger charge is 2.37. The first-order valence-electron chi connectivity index (χ1n) is 4.98. The summed E-state index contributed by atoms with van der Waals surface area (Å²) in [6, 6.07) is -0.120. The third kappa shape index (κ3) is 3.57. The summed E-state index contributed by atoms with van der Waals surface area (Å²) >= 11 is 0. The molecule has 0 atom stereocenters. The van der Waals surface area contributed by atoms with E-state index in [1.165, 1.54) is 0 Å². The lowest BCUT2D eigenvalue weighted by Crippen LogP contribution is -2.39. The molecule has 1 amide bonds. The van der Waals surface area contributed by atoms with E-state index in [2.05, 4.69) is 11.9 Å². The van der Waals surface area contributed by atoms with Crippen LogP contribution in [0.15, 0.2) is 12.2 Å². The standard InChI is InChI=1S/C10H14F3NO/c1-7(10(11,12)13)9(15)14-8-5-3-2-4-6-8/h8H,1-6H2,(H,14,15). The lowest BCUT2D eigenvalue weighted by molar-refractivity contribution is -0.131. The van der Waals surface area contributed by atoms with Gasteiger partial charge in [0.15, 0.2) is 0 Å². The van der Waals surface area contributed by atoms with Crippen molar-refractivity contribution in [2.75, 3.05) is 0 Å². The van der Waals surface area contributed by atoms with Gasteiger partial charge in [0.2, 0.25) is 0 Å². The number of carbonyl (C=O) groups excluding carboxylic acids is 1. The van der Waals surface area contributed by atoms with Crippen LogP contribution in [0.3, 0.4) is 0 Å². The Bertz CT molecular complexity index is 254. The lowest BCUT2D eigenvalue weighted by atomic mass is 9.95. The van der Waals surface area contributed by atoms with Gasteiger partial charge >= 0.3 is 6.18 Å². The zero-order chi connectivity index (χ0) is 11.5. The Morgan fingerprint density at radius 1 is 1.20 bits per heavy atom. The quantitative estimate of drug-likeness (QED) is 0.713. The molecule has 0 bridgehead atoms. The van der Waals surface area contributed by atoms with Crippen molar-refractivity contribution in [3.05, 3.63) is 12.2 Å². The first-order valence-corrected chi connectivity index (χ1v) is 4.98. The molecule has 0 radical (unpaired) electrons. The largest absolute Gasteiger partial charge is 0.421 e. The fraction of sp³-hybridized carbons (Fsp3) is 0.700. The summed E-state index contributed by atoms with van der Waals surface area (Å²) in [4.78, 5) is 11.1. The maximum atomic E-state index is 12.1. The molecule has 0 heterocycles. The molecule has 1 fully saturated rings. The molecule has 1 aliphatic carbocycles. The molecule has 1 saturated carbocycles. The number of alkyl halides is 3. The van der Waals surface area contributed by atoms with Gasteiger partial charge in [0, 0.05) is 6.04 Å². The molecule has 0 aromatic rings. The highest BCUT2D eigenvalue weighted by atomic mass is 19.4. The van der Waals surface area contributed by atoms with Crippen molar-refractivity contribution in [2.24, 2.45) is 0 Å². The molecule has 2 nitrogen and oxygen atoms in total. The van der Waals surface area contributed by atoms with E-state index in [9.17, 15) is 18.0 Å². The predicted molar refractivity (Wildman–Crippen MR) is 50.2 cm³/mol. The van der Waals surface area contributed by atoms with Crippen molar-refractivity contribution in [2.45, 2.75) is 44.3 Å². The molecule has 86 valence electrons. The Morgan fingerprint density at radius 2 is 1.73 bits per heavy atom. The minimum atomic E-state index is -4.63. The molecule has 1 rings (SSSR count). The van der Waals surface area contributed by atoms with Crippen molar-refractivity contribution in [3.8, 4) is 0 Å². The molecular weight excluding hydrogens is 207 g/mol. The van der Waals surface area contributed by atoms with Crippen molar-refractivity contribution < 1.29 is 18.0 Å². The number of hydrogen-bond acceptors (Lipinski definition) is 1. The molecule has 15 heavy (non-hydrogen) atoms. The van der Waals surface area contributed by atoms with E-state index in [0.717, 1.165) is 32.1 Å². The van der Waals surface area contributed by atoms with Gasteiger partial charge in [0.25, 0.3) is 5.91 Å². The maximum Gasteiger partial charge on any atom is 0.421 e. The number of nitrogens with one attached hydrogen (secondary N) is 1. The topological polar surface area (TPSA) is 29.1 Å². The average molecular weight is 221 g/mol. The molecule has 0 unspecified atom stereocenters. The van der Waals surface area contributed by atoms with Gasteiger partial charge in [0.1, 0.15) is 5.57 Å². The number of amides is 1. The van der Waals surface area contributed by atoms with E-state index >= 15 is 0 Å². The zero-order valence-corrected chi connectivity index (χ0v) is 8.36. The van der Waals surface area contributed by atoms with Gasteiger partial charge in [0.05, 0.1) is 0 Å². The molecule has 0 aliphatic heterocycles. The van der Waals surface area contributed by atoms with Gasteiger partial charge in [-0.1, -0.05) is 25.8 Å². The number of carbonyl (C=O) groups is 1. The summed E-state index contributed by atoms with van der Waals surface area (Å²) < 4.78 is 36.3. The second-order valence-electron chi connectivity index (χ2n) is 3.78. The summed E-state index contributed by atoms with van der Waals surface area (Å²) in [6.45, 7) is 2.75. The van der Waals surface area contributed by atoms with Gasteiger partial charge in [-0.15, -0.1) is 0 Å². The van der Waals surface area contributed by atoms with Crippen LogP contribution < -0.4 is 5.32 Å². The number of rotatable bonds is 2. The maximum absolute atomic E-state index is 12.1. The van der Waals surface area contributed by atoms with Crippen LogP contribution in [0, 0.1) is 0 Å². The zero-order valence-electron chi connectivity index (χ0n) is 8.36. The van der Waals surface area contributed by atoms with E-state index in [4.69, 9.17) is 0 Å².